The molecule has 0 unspecified atom stereocenters. The molecule has 5 nitrogen and oxygen atoms in total. The number of carbonyl (C=O) groups excluding carboxylic acids is 1. The lowest BCUT2D eigenvalue weighted by Gasteiger charge is -2.11. The smallest absolute Gasteiger partial charge is 0.263 e. The molecule has 0 saturated carbocycles. The molecule has 0 bridgehead atoms. The van der Waals surface area contributed by atoms with Gasteiger partial charge in [-0.15, -0.1) is 11.3 Å². The van der Waals surface area contributed by atoms with E-state index in [1.807, 2.05) is 17.5 Å². The number of nitrogens with zero attached hydrogens (tertiary/aromatic N) is 2. The van der Waals surface area contributed by atoms with Gasteiger partial charge in [-0.2, -0.15) is 5.10 Å². The van der Waals surface area contributed by atoms with Crippen LogP contribution in [0.15, 0.2) is 48.0 Å². The molecule has 0 aliphatic rings. The summed E-state index contributed by atoms with van der Waals surface area (Å²) in [6, 6.07) is 10.7. The average Bonchev–Trinajstić information content (AvgIpc) is 3.20. The highest BCUT2D eigenvalue weighted by atomic mass is 35.5. The molecule has 3 rings (SSSR count). The Bertz CT molecular complexity index is 813. The second-order valence-electron chi connectivity index (χ2n) is 4.84. The second-order valence-corrected chi connectivity index (χ2v) is 6.69. The summed E-state index contributed by atoms with van der Waals surface area (Å²) in [5.74, 6) is 0.573. The third-order valence-electron chi connectivity index (χ3n) is 3.14. The number of para-hydroxylation sites is 1. The van der Waals surface area contributed by atoms with Gasteiger partial charge in [-0.1, -0.05) is 35.3 Å². The van der Waals surface area contributed by atoms with Crippen molar-refractivity contribution in [3.05, 3.63) is 62.9 Å². The predicted octanol–water partition coefficient (Wildman–Crippen LogP) is 4.32. The summed E-state index contributed by atoms with van der Waals surface area (Å²) in [7, 11) is 0. The summed E-state index contributed by atoms with van der Waals surface area (Å²) >= 11 is 13.6. The molecular formula is C16H13Cl2N3O2S. The zero-order chi connectivity index (χ0) is 16.9. The molecule has 2 heterocycles. The predicted molar refractivity (Wildman–Crippen MR) is 96.2 cm³/mol. The monoisotopic (exact) mass is 381 g/mol. The van der Waals surface area contributed by atoms with Crippen molar-refractivity contribution in [3.8, 4) is 5.75 Å². The van der Waals surface area contributed by atoms with Gasteiger partial charge in [0.05, 0.1) is 22.8 Å². The number of hydrogen-bond donors (Lipinski definition) is 1. The molecule has 1 aromatic carbocycles. The Morgan fingerprint density at radius 1 is 1.21 bits per heavy atom. The van der Waals surface area contributed by atoms with E-state index in [9.17, 15) is 4.79 Å². The lowest BCUT2D eigenvalue weighted by molar-refractivity contribution is -0.118. The number of thiophene rings is 1. The van der Waals surface area contributed by atoms with Crippen molar-refractivity contribution in [3.63, 3.8) is 0 Å². The summed E-state index contributed by atoms with van der Waals surface area (Å²) in [5.41, 5.74) is 0. The summed E-state index contributed by atoms with van der Waals surface area (Å²) in [6.07, 6.45) is 1.63. The highest BCUT2D eigenvalue weighted by Gasteiger charge is 2.12. The zero-order valence-corrected chi connectivity index (χ0v) is 14.7. The van der Waals surface area contributed by atoms with Crippen molar-refractivity contribution in [2.24, 2.45) is 0 Å². The van der Waals surface area contributed by atoms with Gasteiger partial charge >= 0.3 is 0 Å². The number of aromatic nitrogens is 2. The number of carbonyl (C=O) groups is 1. The Morgan fingerprint density at radius 3 is 2.71 bits per heavy atom. The van der Waals surface area contributed by atoms with Crippen LogP contribution in [-0.2, 0) is 11.3 Å². The normalized spacial score (nSPS) is 10.6. The Labute approximate surface area is 152 Å². The first-order chi connectivity index (χ1) is 11.6. The Balaban J connectivity index is 1.61. The van der Waals surface area contributed by atoms with Gasteiger partial charge < -0.3 is 10.1 Å². The van der Waals surface area contributed by atoms with Gasteiger partial charge in [0.25, 0.3) is 5.91 Å². The summed E-state index contributed by atoms with van der Waals surface area (Å²) in [4.78, 5) is 13.2. The maximum Gasteiger partial charge on any atom is 0.263 e. The van der Waals surface area contributed by atoms with Crippen LogP contribution in [0.5, 0.6) is 5.75 Å². The van der Waals surface area contributed by atoms with Gasteiger partial charge in [0, 0.05) is 10.9 Å². The van der Waals surface area contributed by atoms with Gasteiger partial charge in [0.2, 0.25) is 0 Å². The van der Waals surface area contributed by atoms with Crippen molar-refractivity contribution >= 4 is 46.3 Å². The van der Waals surface area contributed by atoms with Crippen LogP contribution >= 0.6 is 34.5 Å². The van der Waals surface area contributed by atoms with E-state index < -0.39 is 0 Å². The fraction of sp³-hybridized carbons (Fsp3) is 0.125. The third-order valence-corrected chi connectivity index (χ3v) is 4.59. The van der Waals surface area contributed by atoms with Gasteiger partial charge in [-0.3, -0.25) is 4.79 Å². The largest absolute Gasteiger partial charge is 0.481 e. The number of nitrogens with one attached hydrogen (secondary N) is 1. The molecule has 24 heavy (non-hydrogen) atoms. The number of benzene rings is 1. The van der Waals surface area contributed by atoms with E-state index in [2.05, 4.69) is 10.4 Å². The van der Waals surface area contributed by atoms with Gasteiger partial charge in [0.15, 0.2) is 12.4 Å². The molecule has 0 atom stereocenters. The van der Waals surface area contributed by atoms with E-state index in [4.69, 9.17) is 27.9 Å². The fourth-order valence-corrected chi connectivity index (χ4v) is 3.24. The van der Waals surface area contributed by atoms with Crippen molar-refractivity contribution in [2.75, 3.05) is 11.9 Å². The number of rotatable bonds is 6. The van der Waals surface area contributed by atoms with E-state index in [-0.39, 0.29) is 12.5 Å². The number of hydrogen-bond acceptors (Lipinski definition) is 4. The van der Waals surface area contributed by atoms with Crippen molar-refractivity contribution in [2.45, 2.75) is 6.54 Å². The minimum absolute atomic E-state index is 0.201. The molecule has 1 amide bonds. The molecule has 124 valence electrons. The first kappa shape index (κ1) is 16.8. The Morgan fingerprint density at radius 2 is 2.00 bits per heavy atom. The van der Waals surface area contributed by atoms with E-state index in [0.29, 0.717) is 28.2 Å². The molecule has 0 fully saturated rings. The number of halogens is 2. The summed E-state index contributed by atoms with van der Waals surface area (Å²) in [5, 5.41) is 9.70. The topological polar surface area (TPSA) is 56.1 Å². The van der Waals surface area contributed by atoms with E-state index in [0.717, 1.165) is 4.88 Å². The molecular weight excluding hydrogens is 369 g/mol. The van der Waals surface area contributed by atoms with Crippen LogP contribution in [0.4, 0.5) is 5.82 Å². The van der Waals surface area contributed by atoms with Crippen LogP contribution in [0.25, 0.3) is 0 Å². The quantitative estimate of drug-likeness (QED) is 0.691. The zero-order valence-electron chi connectivity index (χ0n) is 12.4. The first-order valence-corrected chi connectivity index (χ1v) is 8.68. The van der Waals surface area contributed by atoms with Crippen LogP contribution in [0.2, 0.25) is 10.0 Å². The SMILES string of the molecule is O=C(COc1c(Cl)cccc1Cl)Nc1ccnn1Cc1cccs1. The Kier molecular flexibility index (Phi) is 5.40. The standard InChI is InChI=1S/C16H13Cl2N3O2S/c17-12-4-1-5-13(18)16(12)23-10-15(22)20-14-6-7-19-21(14)9-11-3-2-8-24-11/h1-8H,9-10H2,(H,20,22). The minimum Gasteiger partial charge on any atom is -0.481 e. The second kappa shape index (κ2) is 7.70. The van der Waals surface area contributed by atoms with E-state index >= 15 is 0 Å². The molecule has 0 spiro atoms. The Hall–Kier alpha value is -2.02. The molecule has 0 saturated heterocycles. The highest BCUT2D eigenvalue weighted by Crippen LogP contribution is 2.32. The van der Waals surface area contributed by atoms with Gasteiger partial charge in [0.1, 0.15) is 5.82 Å². The summed E-state index contributed by atoms with van der Waals surface area (Å²) < 4.78 is 7.13. The van der Waals surface area contributed by atoms with E-state index in [1.54, 1.807) is 46.5 Å². The maximum absolute atomic E-state index is 12.1. The molecule has 0 aliphatic heterocycles. The van der Waals surface area contributed by atoms with Gasteiger partial charge in [-0.05, 0) is 23.6 Å². The van der Waals surface area contributed by atoms with Crippen molar-refractivity contribution < 1.29 is 9.53 Å². The average molecular weight is 382 g/mol. The van der Waals surface area contributed by atoms with Crippen LogP contribution in [0.1, 0.15) is 4.88 Å². The lowest BCUT2D eigenvalue weighted by atomic mass is 10.3. The minimum atomic E-state index is -0.320. The number of ether oxygens (including phenoxy) is 1. The van der Waals surface area contributed by atoms with Gasteiger partial charge in [-0.25, -0.2) is 4.68 Å². The molecule has 2 aromatic heterocycles. The lowest BCUT2D eigenvalue weighted by Crippen LogP contribution is -2.22. The van der Waals surface area contributed by atoms with Crippen LogP contribution in [0, 0.1) is 0 Å². The highest BCUT2D eigenvalue weighted by molar-refractivity contribution is 7.09. The molecule has 0 radical (unpaired) electrons. The number of anilines is 1. The van der Waals surface area contributed by atoms with Crippen LogP contribution in [-0.4, -0.2) is 22.3 Å². The van der Waals surface area contributed by atoms with Crippen LogP contribution < -0.4 is 10.1 Å². The van der Waals surface area contributed by atoms with Crippen molar-refractivity contribution in [1.82, 2.24) is 9.78 Å². The van der Waals surface area contributed by atoms with Crippen molar-refractivity contribution in [1.29, 1.82) is 0 Å². The van der Waals surface area contributed by atoms with Crippen LogP contribution in [0.3, 0.4) is 0 Å². The maximum atomic E-state index is 12.1. The molecule has 3 aromatic rings. The first-order valence-electron chi connectivity index (χ1n) is 7.04. The number of amides is 1. The molecule has 8 heteroatoms. The fourth-order valence-electron chi connectivity index (χ4n) is 2.05. The third kappa shape index (κ3) is 4.08. The molecule has 1 N–H and O–H groups in total. The summed E-state index contributed by atoms with van der Waals surface area (Å²) in [6.45, 7) is 0.394. The molecule has 0 aliphatic carbocycles. The van der Waals surface area contributed by atoms with E-state index in [1.165, 1.54) is 0 Å².